The number of fused-ring (bicyclic) bond motifs is 3. The topological polar surface area (TPSA) is 422 Å². The third kappa shape index (κ3) is 22.4. The quantitative estimate of drug-likeness (QED) is 0.0231. The van der Waals surface area contributed by atoms with Crippen molar-refractivity contribution in [3.63, 3.8) is 0 Å². The number of piperidine rings is 4. The van der Waals surface area contributed by atoms with Crippen molar-refractivity contribution in [1.29, 1.82) is 0 Å². The van der Waals surface area contributed by atoms with Crippen molar-refractivity contribution in [3.05, 3.63) is 160 Å². The van der Waals surface area contributed by atoms with Gasteiger partial charge in [0.25, 0.3) is 0 Å². The van der Waals surface area contributed by atoms with E-state index in [-0.39, 0.29) is 62.4 Å². The van der Waals surface area contributed by atoms with Crippen molar-refractivity contribution in [3.8, 4) is 17.2 Å². The van der Waals surface area contributed by atoms with Crippen molar-refractivity contribution in [2.45, 2.75) is 254 Å². The molecule has 6 aromatic carbocycles. The van der Waals surface area contributed by atoms with E-state index in [4.69, 9.17) is 38.9 Å². The summed E-state index contributed by atoms with van der Waals surface area (Å²) in [5.74, 6) is 5.31. The molecule has 3 amide bonds. The number of aromatic nitrogens is 12. The lowest BCUT2D eigenvalue weighted by atomic mass is 9.86. The van der Waals surface area contributed by atoms with Crippen LogP contribution < -0.4 is 46.1 Å². The molecular weight excluding hydrogens is 1800 g/mol. The Labute approximate surface area is 802 Å². The van der Waals surface area contributed by atoms with Crippen LogP contribution in [0.2, 0.25) is 0 Å². The minimum Gasteiger partial charge on any atom is -0.495 e. The van der Waals surface area contributed by atoms with Gasteiger partial charge >= 0.3 is 12.1 Å². The highest BCUT2D eigenvalue weighted by Crippen LogP contribution is 2.46. The van der Waals surface area contributed by atoms with Gasteiger partial charge in [0.2, 0.25) is 17.8 Å². The van der Waals surface area contributed by atoms with E-state index < -0.39 is 45.3 Å². The second kappa shape index (κ2) is 41.4. The number of hydrogen-bond acceptors (Lipinski definition) is 28. The molecule has 9 N–H and O–H groups in total. The first kappa shape index (κ1) is 99.0. The number of aryl methyl sites for hydroxylation is 6. The van der Waals surface area contributed by atoms with Crippen molar-refractivity contribution in [2.75, 3.05) is 98.4 Å². The van der Waals surface area contributed by atoms with Crippen LogP contribution in [0, 0.1) is 41.5 Å². The number of benzene rings is 6. The molecule has 4 saturated heterocycles. The first-order chi connectivity index (χ1) is 65.2. The number of nitrogens with zero attached hydrogens (tertiary/aromatic N) is 13. The highest BCUT2D eigenvalue weighted by molar-refractivity contribution is 7.92. The molecule has 0 bridgehead atoms. The van der Waals surface area contributed by atoms with Gasteiger partial charge in [0.1, 0.15) is 40.3 Å². The summed E-state index contributed by atoms with van der Waals surface area (Å²) in [4.78, 5) is 63.1. The average molecular weight is 1930 g/mol. The molecule has 0 atom stereocenters. The Hall–Kier alpha value is -12.5. The van der Waals surface area contributed by atoms with Crippen LogP contribution in [0.25, 0.3) is 33.1 Å². The van der Waals surface area contributed by atoms with Gasteiger partial charge in [-0.1, -0.05) is 36.4 Å². The van der Waals surface area contributed by atoms with Gasteiger partial charge in [0.05, 0.1) is 100 Å². The normalized spacial score (nSPS) is 15.9. The molecule has 5 fully saturated rings. The average Bonchev–Trinajstić information content (AvgIpc) is 1.75. The number of urea groups is 1. The molecule has 0 radical (unpaired) electrons. The van der Waals surface area contributed by atoms with Gasteiger partial charge in [-0.05, 0) is 332 Å². The SMILES string of the molecule is COc1cc(C2CCN(C)CC2)c(C)cc1Nc1nc(Nc2ccccc2S(=O)(=O)C(C)C)c2c(C)[nH]nc2n1.Cc1cc(Nc2nc(Nc3ccccc3S(=O)(=O)C(C)C)c3c(C)[nH]nc3n2)c(OC(C)C)cc1C1CCN(C(=O)N2CCCCC2)CC1.Cc1cc(Nc2nc(Nc3ccccc3S(=O)(=O)C(C)C)c3c(C)[nH]nc3n2)c(OC(C)C)cc1C1CCN(C(=O)OC2(C)CC2)CC1. The Morgan fingerprint density at radius 2 is 0.715 bits per heavy atom. The van der Waals surface area contributed by atoms with Crippen LogP contribution in [-0.2, 0) is 34.2 Å². The maximum Gasteiger partial charge on any atom is 0.410 e. The summed E-state index contributed by atoms with van der Waals surface area (Å²) in [6, 6.07) is 33.2. The summed E-state index contributed by atoms with van der Waals surface area (Å²) in [6.45, 7) is 38.5. The van der Waals surface area contributed by atoms with Gasteiger partial charge in [0, 0.05) is 56.4 Å². The second-order valence-corrected chi connectivity index (χ2v) is 45.7. The minimum absolute atomic E-state index is 0.0749. The number of amides is 3. The van der Waals surface area contributed by atoms with E-state index in [2.05, 4.69) is 136 Å². The maximum atomic E-state index is 13.2. The van der Waals surface area contributed by atoms with Crippen molar-refractivity contribution < 1.29 is 53.8 Å². The van der Waals surface area contributed by atoms with Gasteiger partial charge in [0.15, 0.2) is 46.5 Å². The number of rotatable bonds is 27. The predicted octanol–water partition coefficient (Wildman–Crippen LogP) is 20.0. The third-order valence-corrected chi connectivity index (χ3v) is 32.9. The number of sulfone groups is 3. The standard InChI is InChI=1S/C36H48N8O4S.C35H45N7O5S.C29H37N7O3S/c1-22(2)48-30-21-27(26-14-18-44(19-15-26)36(45)43-16-10-7-11-17-43)24(5)20-29(30)38-35-39-33(32-25(6)41-42-34(32)40-35)37-28-12-8-9-13-31(28)49(46,47)23(3)4;1-20(2)46-28-19-25(24-12-16-42(17-13-24)34(43)47-35(7)14-15-35)22(5)18-27(28)37-33-38-31(30-23(6)40-41-32(30)39-33)36-26-10-8-9-11-29(26)48(44,45)21(3)4;1-17(2)40(37,38)25-10-8-7-9-22(25)30-27-26-19(4)34-35-28(26)33-29(32-27)31-23-15-18(3)21(16-24(23)39-6)20-11-13-36(5)14-12-20/h8-9,12-13,20-23,26H,7,10-11,14-19H2,1-6H3,(H3,37,38,39,40,41,42);8-11,18-21,24H,12-17H2,1-7H3,(H3,36,37,38,39,40,41);7-10,15-17,20H,11-14H2,1-6H3,(H3,30,31,32,33,34,35). The number of carbonyl (C=O) groups is 2. The number of H-pyrrole nitrogens is 3. The molecule has 1 saturated carbocycles. The molecule has 37 heteroatoms. The molecule has 0 unspecified atom stereocenters. The molecule has 137 heavy (non-hydrogen) atoms. The van der Waals surface area contributed by atoms with Crippen LogP contribution in [0.15, 0.2) is 124 Å². The van der Waals surface area contributed by atoms with E-state index in [0.29, 0.717) is 127 Å². The molecule has 4 aliphatic heterocycles. The van der Waals surface area contributed by atoms with Crippen LogP contribution in [-0.4, -0.2) is 218 Å². The number of aromatic amines is 3. The number of methoxy groups -OCH3 is 1. The number of nitrogens with one attached hydrogen (secondary N) is 9. The monoisotopic (exact) mass is 1930 g/mol. The van der Waals surface area contributed by atoms with Crippen molar-refractivity contribution in [1.82, 2.24) is 80.1 Å². The number of carbonyl (C=O) groups excluding carboxylic acids is 2. The Kier molecular flexibility index (Phi) is 30.0. The maximum absolute atomic E-state index is 13.2. The first-order valence-corrected chi connectivity index (χ1v) is 52.2. The lowest BCUT2D eigenvalue weighted by Gasteiger charge is -2.37. The van der Waals surface area contributed by atoms with Crippen LogP contribution in [0.1, 0.15) is 215 Å². The number of para-hydroxylation sites is 3. The fraction of sp³-hybridized carbons (Fsp3) is 0.470. The Bertz CT molecular complexity index is 6790. The van der Waals surface area contributed by atoms with Gasteiger partial charge in [-0.15, -0.1) is 0 Å². The minimum atomic E-state index is -3.57. The van der Waals surface area contributed by atoms with Crippen molar-refractivity contribution >= 4 is 144 Å². The first-order valence-electron chi connectivity index (χ1n) is 47.5. The molecule has 0 spiro atoms. The summed E-state index contributed by atoms with van der Waals surface area (Å²) in [5.41, 5.74) is 13.8. The van der Waals surface area contributed by atoms with Gasteiger partial charge in [-0.2, -0.15) is 45.2 Å². The lowest BCUT2D eigenvalue weighted by molar-refractivity contribution is 0.0520. The molecule has 12 aromatic rings. The number of anilines is 12. The van der Waals surface area contributed by atoms with E-state index in [1.165, 1.54) is 28.7 Å². The second-order valence-electron chi connectivity index (χ2n) is 38.2. The largest absolute Gasteiger partial charge is 0.495 e. The van der Waals surface area contributed by atoms with Gasteiger partial charge < -0.3 is 70.4 Å². The third-order valence-electron chi connectivity index (χ3n) is 26.2. The van der Waals surface area contributed by atoms with Crippen LogP contribution >= 0.6 is 0 Å². The summed E-state index contributed by atoms with van der Waals surface area (Å²) >= 11 is 0. The number of hydrogen-bond donors (Lipinski definition) is 9. The number of ether oxygens (including phenoxy) is 4. The molecule has 17 rings (SSSR count). The molecule has 10 heterocycles. The molecule has 6 aromatic heterocycles. The van der Waals surface area contributed by atoms with E-state index in [0.717, 1.165) is 137 Å². The fourth-order valence-electron chi connectivity index (χ4n) is 18.1. The zero-order chi connectivity index (χ0) is 97.9. The summed E-state index contributed by atoms with van der Waals surface area (Å²) < 4.78 is 103. The highest BCUT2D eigenvalue weighted by Gasteiger charge is 2.44. The van der Waals surface area contributed by atoms with E-state index in [9.17, 15) is 34.8 Å². The summed E-state index contributed by atoms with van der Waals surface area (Å²) in [6.07, 6.45) is 10.6. The molecular formula is C100H130N22O12S3. The molecule has 1 aliphatic carbocycles. The van der Waals surface area contributed by atoms with E-state index in [1.807, 2.05) is 76.2 Å². The highest BCUT2D eigenvalue weighted by atomic mass is 32.2. The van der Waals surface area contributed by atoms with Crippen LogP contribution in [0.5, 0.6) is 17.2 Å². The lowest BCUT2D eigenvalue weighted by Crippen LogP contribution is -2.48. The summed E-state index contributed by atoms with van der Waals surface area (Å²) in [7, 11) is -6.84. The molecule has 5 aliphatic rings. The van der Waals surface area contributed by atoms with Gasteiger partial charge in [-0.25, -0.2) is 34.8 Å². The predicted molar refractivity (Wildman–Crippen MR) is 538 cm³/mol. The van der Waals surface area contributed by atoms with E-state index >= 15 is 0 Å². The zero-order valence-corrected chi connectivity index (χ0v) is 84.3. The Morgan fingerprint density at radius 3 is 1.04 bits per heavy atom. The van der Waals surface area contributed by atoms with Crippen LogP contribution in [0.4, 0.5) is 79.0 Å². The fourth-order valence-corrected chi connectivity index (χ4v) is 21.7. The van der Waals surface area contributed by atoms with Gasteiger partial charge in [-0.3, -0.25) is 15.3 Å². The molecule has 34 nitrogen and oxygen atoms in total. The molecule has 730 valence electrons. The Morgan fingerprint density at radius 1 is 0.401 bits per heavy atom. The smallest absolute Gasteiger partial charge is 0.410 e. The summed E-state index contributed by atoms with van der Waals surface area (Å²) in [5, 5.41) is 42.2. The number of likely N-dealkylation sites (tertiary alicyclic amines) is 4. The Balaban J connectivity index is 0.000000157. The van der Waals surface area contributed by atoms with Crippen LogP contribution in [0.3, 0.4) is 0 Å². The van der Waals surface area contributed by atoms with Crippen molar-refractivity contribution in [2.24, 2.45) is 0 Å². The zero-order valence-electron chi connectivity index (χ0n) is 81.9. The van der Waals surface area contributed by atoms with E-state index in [1.54, 1.807) is 121 Å².